The number of hydrogen-bond acceptors (Lipinski definition) is 2. The van der Waals surface area contributed by atoms with Gasteiger partial charge in [-0.1, -0.05) is 23.7 Å². The van der Waals surface area contributed by atoms with E-state index in [0.29, 0.717) is 6.42 Å². The van der Waals surface area contributed by atoms with E-state index in [2.05, 4.69) is 0 Å². The van der Waals surface area contributed by atoms with Gasteiger partial charge >= 0.3 is 0 Å². The average Bonchev–Trinajstić information content (AvgIpc) is 2.32. The number of hydrogen-bond donors (Lipinski definition) is 2. The predicted molar refractivity (Wildman–Crippen MR) is 48.5 cm³/mol. The first-order chi connectivity index (χ1) is 5.70. The van der Waals surface area contributed by atoms with Crippen LogP contribution in [0.4, 0.5) is 0 Å². The van der Waals surface area contributed by atoms with Crippen LogP contribution in [0.25, 0.3) is 0 Å². The maximum absolute atomic E-state index is 9.59. The van der Waals surface area contributed by atoms with Crippen molar-refractivity contribution in [3.8, 4) is 0 Å². The Morgan fingerprint density at radius 1 is 1.50 bits per heavy atom. The van der Waals surface area contributed by atoms with Gasteiger partial charge in [0, 0.05) is 6.04 Å². The van der Waals surface area contributed by atoms with Crippen molar-refractivity contribution in [3.05, 3.63) is 29.3 Å². The van der Waals surface area contributed by atoms with E-state index in [1.54, 1.807) is 0 Å². The Morgan fingerprint density at radius 3 is 2.92 bits per heavy atom. The molecule has 0 aromatic heterocycles. The molecule has 12 heavy (non-hydrogen) atoms. The second-order valence-corrected chi connectivity index (χ2v) is 3.23. The number of nitrogens with two attached hydrogens (primary N) is 1. The summed E-state index contributed by atoms with van der Waals surface area (Å²) in [5.74, 6) is 0. The number of benzene rings is 1. The molecule has 0 saturated carbocycles. The van der Waals surface area contributed by atoms with Gasteiger partial charge in [-0.05, 0) is 17.5 Å². The van der Waals surface area contributed by atoms with E-state index in [0.717, 1.165) is 16.6 Å². The second-order valence-electron chi connectivity index (χ2n) is 3.23. The van der Waals surface area contributed by atoms with E-state index < -0.39 is 6.10 Å². The highest BCUT2D eigenvalue weighted by molar-refractivity contribution is 6.33. The topological polar surface area (TPSA) is 46.2 Å². The molecule has 1 aromatic carbocycles. The van der Waals surface area contributed by atoms with Gasteiger partial charge in [-0.2, -0.15) is 0 Å². The highest BCUT2D eigenvalue weighted by Gasteiger charge is 2.28. The van der Waals surface area contributed by atoms with Gasteiger partial charge in [-0.3, -0.25) is 0 Å². The fourth-order valence-corrected chi connectivity index (χ4v) is 1.71. The summed E-state index contributed by atoms with van der Waals surface area (Å²) < 4.78 is 0. The Kier molecular flexibility index (Phi) is 1.70. The molecule has 3 heteroatoms. The summed E-state index contributed by atoms with van der Waals surface area (Å²) in [4.78, 5) is 0. The summed E-state index contributed by atoms with van der Waals surface area (Å²) in [6.07, 6.45) is 0.145. The normalized spacial score (nSPS) is 27.2. The molecule has 0 amide bonds. The van der Waals surface area contributed by atoms with Crippen LogP contribution >= 0.6 is 0 Å². The van der Waals surface area contributed by atoms with Crippen LogP contribution < -0.4 is 11.2 Å². The molecule has 0 heterocycles. The third kappa shape index (κ3) is 0.975. The highest BCUT2D eigenvalue weighted by Crippen LogP contribution is 2.28. The summed E-state index contributed by atoms with van der Waals surface area (Å²) in [6.45, 7) is 0. The van der Waals surface area contributed by atoms with E-state index in [9.17, 15) is 5.11 Å². The minimum absolute atomic E-state index is 0.190. The monoisotopic (exact) mass is 159 g/mol. The van der Waals surface area contributed by atoms with Crippen LogP contribution in [-0.2, 0) is 6.42 Å². The molecule has 1 aromatic rings. The molecule has 2 nitrogen and oxygen atoms in total. The van der Waals surface area contributed by atoms with E-state index in [-0.39, 0.29) is 6.04 Å². The maximum atomic E-state index is 9.59. The Balaban J connectivity index is 2.53. The lowest BCUT2D eigenvalue weighted by molar-refractivity contribution is 0.159. The third-order valence-corrected chi connectivity index (χ3v) is 2.41. The molecular formula is C9H10BNO. The molecule has 0 saturated heterocycles. The molecule has 0 aliphatic heterocycles. The van der Waals surface area contributed by atoms with Crippen LogP contribution in [0.2, 0.25) is 0 Å². The fourth-order valence-electron chi connectivity index (χ4n) is 1.71. The maximum Gasteiger partial charge on any atom is 0.114 e. The second kappa shape index (κ2) is 2.61. The van der Waals surface area contributed by atoms with E-state index >= 15 is 0 Å². The van der Waals surface area contributed by atoms with Gasteiger partial charge in [0.25, 0.3) is 0 Å². The van der Waals surface area contributed by atoms with Crippen molar-refractivity contribution in [2.24, 2.45) is 5.73 Å². The summed E-state index contributed by atoms with van der Waals surface area (Å²) in [7, 11) is 5.73. The average molecular weight is 159 g/mol. The summed E-state index contributed by atoms with van der Waals surface area (Å²) in [6, 6.07) is 5.37. The van der Waals surface area contributed by atoms with Gasteiger partial charge in [0.05, 0.1) is 6.10 Å². The van der Waals surface area contributed by atoms with Crippen LogP contribution in [0.5, 0.6) is 0 Å². The Labute approximate surface area is 72.8 Å². The molecule has 2 rings (SSSR count). The summed E-state index contributed by atoms with van der Waals surface area (Å²) in [5.41, 5.74) is 8.33. The van der Waals surface area contributed by atoms with E-state index in [1.165, 1.54) is 0 Å². The lowest BCUT2D eigenvalue weighted by Crippen LogP contribution is -2.24. The molecule has 2 radical (unpaired) electrons. The van der Waals surface area contributed by atoms with Crippen LogP contribution in [0.15, 0.2) is 18.2 Å². The van der Waals surface area contributed by atoms with Gasteiger partial charge < -0.3 is 10.8 Å². The number of fused-ring (bicyclic) bond motifs is 1. The van der Waals surface area contributed by atoms with E-state index in [1.807, 2.05) is 18.2 Å². The molecule has 2 unspecified atom stereocenters. The molecule has 0 bridgehead atoms. The first-order valence-corrected chi connectivity index (χ1v) is 4.01. The van der Waals surface area contributed by atoms with Crippen LogP contribution in [0.1, 0.15) is 17.2 Å². The van der Waals surface area contributed by atoms with Crippen molar-refractivity contribution in [3.63, 3.8) is 0 Å². The van der Waals surface area contributed by atoms with Crippen LogP contribution in [0.3, 0.4) is 0 Å². The van der Waals surface area contributed by atoms with Crippen molar-refractivity contribution >= 4 is 13.3 Å². The van der Waals surface area contributed by atoms with Gasteiger partial charge in [0.15, 0.2) is 0 Å². The molecule has 1 aliphatic rings. The lowest BCUT2D eigenvalue weighted by atomic mass is 9.88. The molecule has 60 valence electrons. The summed E-state index contributed by atoms with van der Waals surface area (Å²) >= 11 is 0. The van der Waals surface area contributed by atoms with Gasteiger partial charge in [0.2, 0.25) is 0 Å². The smallest absolute Gasteiger partial charge is 0.114 e. The van der Waals surface area contributed by atoms with E-state index in [4.69, 9.17) is 13.6 Å². The minimum Gasteiger partial charge on any atom is -0.387 e. The highest BCUT2D eigenvalue weighted by atomic mass is 16.3. The first kappa shape index (κ1) is 7.83. The lowest BCUT2D eigenvalue weighted by Gasteiger charge is -2.07. The van der Waals surface area contributed by atoms with Gasteiger partial charge in [-0.25, -0.2) is 0 Å². The van der Waals surface area contributed by atoms with Crippen molar-refractivity contribution in [2.45, 2.75) is 18.6 Å². The van der Waals surface area contributed by atoms with Crippen LogP contribution in [0, 0.1) is 0 Å². The SMILES string of the molecule is [B]c1cccc2c1CC(N)C2O. The molecular weight excluding hydrogens is 149 g/mol. The van der Waals surface area contributed by atoms with Gasteiger partial charge in [0.1, 0.15) is 7.85 Å². The van der Waals surface area contributed by atoms with Crippen molar-refractivity contribution < 1.29 is 5.11 Å². The molecule has 0 fully saturated rings. The van der Waals surface area contributed by atoms with Gasteiger partial charge in [-0.15, -0.1) is 0 Å². The fraction of sp³-hybridized carbons (Fsp3) is 0.333. The largest absolute Gasteiger partial charge is 0.387 e. The third-order valence-electron chi connectivity index (χ3n) is 2.41. The van der Waals surface area contributed by atoms with Crippen LogP contribution in [-0.4, -0.2) is 19.0 Å². The zero-order valence-corrected chi connectivity index (χ0v) is 6.70. The Hall–Kier alpha value is -0.795. The standard InChI is InChI=1S/C9H10BNO/c10-7-3-1-2-5-6(7)4-8(11)9(5)12/h1-3,8-9,12H,4,11H2. The summed E-state index contributed by atoms with van der Waals surface area (Å²) in [5, 5.41) is 9.59. The predicted octanol–water partition coefficient (Wildman–Crippen LogP) is -0.603. The zero-order valence-electron chi connectivity index (χ0n) is 6.70. The molecule has 1 aliphatic carbocycles. The van der Waals surface area contributed by atoms with Crippen molar-refractivity contribution in [1.82, 2.24) is 0 Å². The quantitative estimate of drug-likeness (QED) is 0.496. The number of aliphatic hydroxyl groups excluding tert-OH is 1. The number of aliphatic hydroxyl groups is 1. The minimum atomic E-state index is -0.538. The molecule has 2 atom stereocenters. The Morgan fingerprint density at radius 2 is 2.25 bits per heavy atom. The number of rotatable bonds is 0. The van der Waals surface area contributed by atoms with Crippen molar-refractivity contribution in [1.29, 1.82) is 0 Å². The Bertz CT molecular complexity index is 313. The first-order valence-electron chi connectivity index (χ1n) is 4.01. The van der Waals surface area contributed by atoms with Crippen molar-refractivity contribution in [2.75, 3.05) is 0 Å². The molecule has 3 N–H and O–H groups in total. The zero-order chi connectivity index (χ0) is 8.72. The molecule has 0 spiro atoms.